The van der Waals surface area contributed by atoms with Gasteiger partial charge in [0, 0.05) is 23.6 Å². The molecule has 0 saturated heterocycles. The van der Waals surface area contributed by atoms with E-state index >= 15 is 0 Å². The zero-order valence-electron chi connectivity index (χ0n) is 15.0. The Hall–Kier alpha value is -3.06. The molecule has 0 unspecified atom stereocenters. The summed E-state index contributed by atoms with van der Waals surface area (Å²) in [6, 6.07) is 11.7. The van der Waals surface area contributed by atoms with E-state index < -0.39 is 11.8 Å². The van der Waals surface area contributed by atoms with Crippen LogP contribution < -0.4 is 20.9 Å². The number of halogens is 1. The number of methoxy groups -OCH3 is 1. The minimum Gasteiger partial charge on any atom is -0.496 e. The fourth-order valence-electron chi connectivity index (χ4n) is 2.33. The van der Waals surface area contributed by atoms with Gasteiger partial charge >= 0.3 is 0 Å². The Labute approximate surface area is 162 Å². The number of aryl methyl sites for hydroxylation is 1. The van der Waals surface area contributed by atoms with Gasteiger partial charge in [-0.15, -0.1) is 0 Å². The van der Waals surface area contributed by atoms with Crippen LogP contribution in [-0.4, -0.2) is 31.4 Å². The van der Waals surface area contributed by atoms with Crippen molar-refractivity contribution in [3.8, 4) is 5.75 Å². The van der Waals surface area contributed by atoms with Gasteiger partial charge in [0.1, 0.15) is 5.75 Å². The molecular weight excluding hydrogens is 370 g/mol. The van der Waals surface area contributed by atoms with Crippen LogP contribution >= 0.6 is 11.6 Å². The van der Waals surface area contributed by atoms with Crippen molar-refractivity contribution < 1.29 is 19.1 Å². The largest absolute Gasteiger partial charge is 0.496 e. The molecule has 2 rings (SSSR count). The molecule has 8 heteroatoms. The van der Waals surface area contributed by atoms with E-state index in [1.807, 2.05) is 19.1 Å². The van der Waals surface area contributed by atoms with Gasteiger partial charge in [-0.05, 0) is 36.8 Å². The minimum absolute atomic E-state index is 0.00455. The van der Waals surface area contributed by atoms with Gasteiger partial charge in [0.25, 0.3) is 11.8 Å². The Morgan fingerprint density at radius 2 is 1.74 bits per heavy atom. The maximum atomic E-state index is 12.2. The van der Waals surface area contributed by atoms with Crippen LogP contribution in [0.15, 0.2) is 42.5 Å². The molecular formula is C19H20ClN3O4. The molecule has 3 amide bonds. The highest BCUT2D eigenvalue weighted by molar-refractivity contribution is 6.31. The third-order valence-electron chi connectivity index (χ3n) is 3.75. The van der Waals surface area contributed by atoms with Crippen molar-refractivity contribution >= 4 is 29.3 Å². The summed E-state index contributed by atoms with van der Waals surface area (Å²) in [7, 11) is 1.43. The monoisotopic (exact) mass is 389 g/mol. The summed E-state index contributed by atoms with van der Waals surface area (Å²) in [5.74, 6) is -0.939. The van der Waals surface area contributed by atoms with Gasteiger partial charge in [-0.2, -0.15) is 0 Å². The first-order valence-corrected chi connectivity index (χ1v) is 8.56. The number of carbonyl (C=O) groups excluding carboxylic acids is 3. The molecule has 0 heterocycles. The first kappa shape index (κ1) is 20.3. The molecule has 2 aromatic carbocycles. The van der Waals surface area contributed by atoms with Crippen molar-refractivity contribution in [2.45, 2.75) is 13.3 Å². The molecule has 0 radical (unpaired) electrons. The van der Waals surface area contributed by atoms with Crippen LogP contribution in [0.2, 0.25) is 5.02 Å². The molecule has 142 valence electrons. The topological polar surface area (TPSA) is 96.5 Å². The smallest absolute Gasteiger partial charge is 0.273 e. The van der Waals surface area contributed by atoms with Crippen LogP contribution in [0.5, 0.6) is 5.75 Å². The lowest BCUT2D eigenvalue weighted by atomic mass is 10.1. The lowest BCUT2D eigenvalue weighted by Gasteiger charge is -2.11. The van der Waals surface area contributed by atoms with Crippen LogP contribution in [0, 0.1) is 6.92 Å². The van der Waals surface area contributed by atoms with Crippen LogP contribution in [0.25, 0.3) is 0 Å². The van der Waals surface area contributed by atoms with Crippen molar-refractivity contribution in [3.05, 3.63) is 64.2 Å². The van der Waals surface area contributed by atoms with Crippen molar-refractivity contribution in [1.82, 2.24) is 16.2 Å². The van der Waals surface area contributed by atoms with Gasteiger partial charge in [-0.25, -0.2) is 0 Å². The second kappa shape index (κ2) is 9.59. The average molecular weight is 390 g/mol. The molecule has 2 aromatic rings. The quantitative estimate of drug-likeness (QED) is 0.660. The van der Waals surface area contributed by atoms with E-state index in [4.69, 9.17) is 16.3 Å². The predicted molar refractivity (Wildman–Crippen MR) is 102 cm³/mol. The Balaban J connectivity index is 1.80. The maximum Gasteiger partial charge on any atom is 0.273 e. The summed E-state index contributed by atoms with van der Waals surface area (Å²) in [4.78, 5) is 36.1. The van der Waals surface area contributed by atoms with Gasteiger partial charge in [-0.3, -0.25) is 25.2 Å². The summed E-state index contributed by atoms with van der Waals surface area (Å²) in [5.41, 5.74) is 6.17. The number of hydrogen-bond donors (Lipinski definition) is 3. The highest BCUT2D eigenvalue weighted by Crippen LogP contribution is 2.22. The van der Waals surface area contributed by atoms with Crippen molar-refractivity contribution in [3.63, 3.8) is 0 Å². The SMILES string of the molecule is COc1ccc(Cl)cc1C(=O)NNC(=O)CCNC(=O)c1ccccc1C. The van der Waals surface area contributed by atoms with Crippen molar-refractivity contribution in [1.29, 1.82) is 0 Å². The summed E-state index contributed by atoms with van der Waals surface area (Å²) in [6.07, 6.45) is 0.00455. The molecule has 0 fully saturated rings. The normalized spacial score (nSPS) is 10.0. The van der Waals surface area contributed by atoms with Gasteiger partial charge in [0.15, 0.2) is 0 Å². The van der Waals surface area contributed by atoms with E-state index in [-0.39, 0.29) is 24.4 Å². The predicted octanol–water partition coefficient (Wildman–Crippen LogP) is 2.24. The number of ether oxygens (including phenoxy) is 1. The van der Waals surface area contributed by atoms with Gasteiger partial charge in [-0.1, -0.05) is 29.8 Å². The standard InChI is InChI=1S/C19H20ClN3O4/c1-12-5-3-4-6-14(12)18(25)21-10-9-17(24)22-23-19(26)15-11-13(20)7-8-16(15)27-2/h3-8,11H,9-10H2,1-2H3,(H,21,25)(H,22,24)(H,23,26). The Kier molecular flexibility index (Phi) is 7.19. The van der Waals surface area contributed by atoms with E-state index in [0.717, 1.165) is 5.56 Å². The number of hydrogen-bond acceptors (Lipinski definition) is 4. The zero-order chi connectivity index (χ0) is 19.8. The molecule has 0 saturated carbocycles. The lowest BCUT2D eigenvalue weighted by molar-refractivity contribution is -0.121. The molecule has 7 nitrogen and oxygen atoms in total. The van der Waals surface area contributed by atoms with Crippen LogP contribution in [0.1, 0.15) is 32.7 Å². The first-order valence-electron chi connectivity index (χ1n) is 8.19. The second-order valence-electron chi connectivity index (χ2n) is 5.67. The lowest BCUT2D eigenvalue weighted by Crippen LogP contribution is -2.43. The molecule has 0 bridgehead atoms. The highest BCUT2D eigenvalue weighted by Gasteiger charge is 2.14. The fourth-order valence-corrected chi connectivity index (χ4v) is 2.50. The molecule has 27 heavy (non-hydrogen) atoms. The molecule has 0 spiro atoms. The number of nitrogens with one attached hydrogen (secondary N) is 3. The summed E-state index contributed by atoms with van der Waals surface area (Å²) in [5, 5.41) is 3.03. The molecule has 3 N–H and O–H groups in total. The number of benzene rings is 2. The van der Waals surface area contributed by atoms with Gasteiger partial charge in [0.2, 0.25) is 5.91 Å². The van der Waals surface area contributed by atoms with E-state index in [9.17, 15) is 14.4 Å². The van der Waals surface area contributed by atoms with Crippen LogP contribution in [0.4, 0.5) is 0 Å². The number of rotatable bonds is 6. The van der Waals surface area contributed by atoms with E-state index in [2.05, 4.69) is 16.2 Å². The number of amides is 3. The van der Waals surface area contributed by atoms with Crippen LogP contribution in [-0.2, 0) is 4.79 Å². The molecule has 0 aliphatic carbocycles. The van der Waals surface area contributed by atoms with Gasteiger partial charge in [0.05, 0.1) is 12.7 Å². The molecule has 0 aliphatic heterocycles. The third-order valence-corrected chi connectivity index (χ3v) is 3.98. The van der Waals surface area contributed by atoms with E-state index in [1.165, 1.54) is 13.2 Å². The van der Waals surface area contributed by atoms with E-state index in [1.54, 1.807) is 24.3 Å². The third kappa shape index (κ3) is 5.72. The maximum absolute atomic E-state index is 12.2. The Bertz CT molecular complexity index is 855. The number of hydrazine groups is 1. The van der Waals surface area contributed by atoms with Gasteiger partial charge < -0.3 is 10.1 Å². The highest BCUT2D eigenvalue weighted by atomic mass is 35.5. The first-order chi connectivity index (χ1) is 12.9. The van der Waals surface area contributed by atoms with E-state index in [0.29, 0.717) is 16.3 Å². The van der Waals surface area contributed by atoms with Crippen LogP contribution in [0.3, 0.4) is 0 Å². The molecule has 0 aromatic heterocycles. The van der Waals surface area contributed by atoms with Crippen molar-refractivity contribution in [2.24, 2.45) is 0 Å². The summed E-state index contributed by atoms with van der Waals surface area (Å²) < 4.78 is 5.09. The second-order valence-corrected chi connectivity index (χ2v) is 6.10. The Morgan fingerprint density at radius 1 is 1.00 bits per heavy atom. The summed E-state index contributed by atoms with van der Waals surface area (Å²) >= 11 is 5.88. The molecule has 0 atom stereocenters. The summed E-state index contributed by atoms with van der Waals surface area (Å²) in [6.45, 7) is 1.97. The Morgan fingerprint density at radius 3 is 2.44 bits per heavy atom. The minimum atomic E-state index is -0.563. The fraction of sp³-hybridized carbons (Fsp3) is 0.211. The van der Waals surface area contributed by atoms with Crippen molar-refractivity contribution in [2.75, 3.05) is 13.7 Å². The zero-order valence-corrected chi connectivity index (χ0v) is 15.7. The number of carbonyl (C=O) groups is 3. The average Bonchev–Trinajstić information content (AvgIpc) is 2.66. The molecule has 0 aliphatic rings.